The maximum atomic E-state index is 11.9. The number of piperidine rings is 2. The van der Waals surface area contributed by atoms with Gasteiger partial charge in [0.25, 0.3) is 0 Å². The molecule has 3 fully saturated rings. The van der Waals surface area contributed by atoms with Crippen LogP contribution in [0.5, 0.6) is 0 Å². The molecule has 2 aliphatic carbocycles. The summed E-state index contributed by atoms with van der Waals surface area (Å²) in [6.07, 6.45) is 6.48. The average molecular weight is 369 g/mol. The van der Waals surface area contributed by atoms with Crippen LogP contribution < -0.4 is 0 Å². The second kappa shape index (κ2) is 6.59. The van der Waals surface area contributed by atoms with E-state index < -0.39 is 0 Å². The summed E-state index contributed by atoms with van der Waals surface area (Å²) in [5.41, 5.74) is 4.92. The number of esters is 1. The molecule has 0 radical (unpaired) electrons. The van der Waals surface area contributed by atoms with Crippen LogP contribution in [0.2, 0.25) is 0 Å². The number of hydrogen-bond donors (Lipinski definition) is 0. The molecular weight excluding hydrogens is 336 g/mol. The van der Waals surface area contributed by atoms with Gasteiger partial charge >= 0.3 is 5.97 Å². The summed E-state index contributed by atoms with van der Waals surface area (Å²) in [6.45, 7) is 7.26. The molecule has 0 aromatic heterocycles. The van der Waals surface area contributed by atoms with Crippen LogP contribution in [0.1, 0.15) is 42.4 Å². The van der Waals surface area contributed by atoms with Gasteiger partial charge in [-0.15, -0.1) is 0 Å². The highest BCUT2D eigenvalue weighted by molar-refractivity contribution is 5.71. The van der Waals surface area contributed by atoms with Crippen LogP contribution in [-0.2, 0) is 21.4 Å². The van der Waals surface area contributed by atoms with E-state index >= 15 is 0 Å². The fourth-order valence-electron chi connectivity index (χ4n) is 6.20. The van der Waals surface area contributed by atoms with Gasteiger partial charge in [0.15, 0.2) is 0 Å². The molecule has 2 heterocycles. The molecule has 1 aromatic carbocycles. The van der Waals surface area contributed by atoms with Crippen molar-refractivity contribution in [2.45, 2.75) is 50.5 Å². The van der Waals surface area contributed by atoms with E-state index in [2.05, 4.69) is 34.9 Å². The van der Waals surface area contributed by atoms with Gasteiger partial charge in [-0.2, -0.15) is 0 Å². The average Bonchev–Trinajstić information content (AvgIpc) is 3.48. The van der Waals surface area contributed by atoms with Crippen LogP contribution in [0.15, 0.2) is 18.2 Å². The molecule has 1 aromatic rings. The Kier molecular flexibility index (Phi) is 4.32. The predicted octanol–water partition coefficient (Wildman–Crippen LogP) is 2.77. The number of aryl methyl sites for hydroxylation is 1. The second-order valence-electron chi connectivity index (χ2n) is 9.44. The zero-order valence-electron chi connectivity index (χ0n) is 16.7. The maximum absolute atomic E-state index is 11.9. The Morgan fingerprint density at radius 3 is 2.85 bits per heavy atom. The Hall–Kier alpha value is -1.39. The van der Waals surface area contributed by atoms with Gasteiger partial charge in [0.05, 0.1) is 13.7 Å². The minimum atomic E-state index is -0.0991. The van der Waals surface area contributed by atoms with Crippen LogP contribution in [-0.4, -0.2) is 61.6 Å². The van der Waals surface area contributed by atoms with Gasteiger partial charge < -0.3 is 4.74 Å². The van der Waals surface area contributed by atoms with Crippen molar-refractivity contribution in [1.29, 1.82) is 0 Å². The van der Waals surface area contributed by atoms with Crippen molar-refractivity contribution in [2.75, 3.05) is 39.8 Å². The van der Waals surface area contributed by atoms with Crippen LogP contribution in [0.4, 0.5) is 0 Å². The molecule has 5 rings (SSSR count). The third-order valence-corrected chi connectivity index (χ3v) is 7.82. The van der Waals surface area contributed by atoms with E-state index in [4.69, 9.17) is 4.74 Å². The van der Waals surface area contributed by atoms with Crippen LogP contribution in [0, 0.1) is 18.8 Å². The summed E-state index contributed by atoms with van der Waals surface area (Å²) in [6, 6.07) is 7.81. The Morgan fingerprint density at radius 2 is 2.07 bits per heavy atom. The minimum Gasteiger partial charge on any atom is -0.468 e. The van der Waals surface area contributed by atoms with Gasteiger partial charge in [0.2, 0.25) is 0 Å². The number of hydrogen-bond acceptors (Lipinski definition) is 4. The molecule has 0 spiro atoms. The zero-order chi connectivity index (χ0) is 18.6. The molecule has 4 heteroatoms. The number of nitrogens with zero attached hydrogens (tertiary/aromatic N) is 2. The van der Waals surface area contributed by atoms with Crippen molar-refractivity contribution in [1.82, 2.24) is 9.80 Å². The minimum absolute atomic E-state index is 0.0991. The number of methoxy groups -OCH3 is 1. The fourth-order valence-corrected chi connectivity index (χ4v) is 6.20. The fraction of sp³-hybridized carbons (Fsp3) is 0.696. The molecule has 0 amide bonds. The van der Waals surface area contributed by atoms with Crippen molar-refractivity contribution in [3.05, 3.63) is 34.9 Å². The van der Waals surface area contributed by atoms with Crippen molar-refractivity contribution < 1.29 is 9.53 Å². The van der Waals surface area contributed by atoms with Gasteiger partial charge in [0.1, 0.15) is 0 Å². The molecular formula is C23H32N2O2. The molecule has 0 unspecified atom stereocenters. The molecule has 0 N–H and O–H groups in total. The number of fused-ring (bicyclic) bond motifs is 1. The van der Waals surface area contributed by atoms with Crippen LogP contribution in [0.3, 0.4) is 0 Å². The summed E-state index contributed by atoms with van der Waals surface area (Å²) in [5, 5.41) is 0. The zero-order valence-corrected chi connectivity index (χ0v) is 16.7. The third kappa shape index (κ3) is 3.01. The van der Waals surface area contributed by atoms with Gasteiger partial charge in [0, 0.05) is 24.5 Å². The lowest BCUT2D eigenvalue weighted by molar-refractivity contribution is -0.143. The molecule has 3 atom stereocenters. The van der Waals surface area contributed by atoms with E-state index in [0.29, 0.717) is 23.9 Å². The number of rotatable bonds is 4. The third-order valence-electron chi connectivity index (χ3n) is 7.82. The van der Waals surface area contributed by atoms with Gasteiger partial charge in [-0.1, -0.05) is 23.8 Å². The van der Waals surface area contributed by atoms with Gasteiger partial charge in [-0.05, 0) is 75.1 Å². The highest BCUT2D eigenvalue weighted by Gasteiger charge is 2.55. The highest BCUT2D eigenvalue weighted by Crippen LogP contribution is 2.53. The van der Waals surface area contributed by atoms with Crippen molar-refractivity contribution in [3.63, 3.8) is 0 Å². The Balaban J connectivity index is 1.49. The predicted molar refractivity (Wildman–Crippen MR) is 106 cm³/mol. The SMILES string of the molecule is COC(=O)CN1CC[C@]23CCN(CC4CC4)[C@H](Cc4ccc(C)cc42)[C@@H]3C1. The molecule has 2 bridgehead atoms. The van der Waals surface area contributed by atoms with E-state index in [1.807, 2.05) is 0 Å². The molecule has 2 saturated heterocycles. The topological polar surface area (TPSA) is 32.8 Å². The Bertz CT molecular complexity index is 744. The summed E-state index contributed by atoms with van der Waals surface area (Å²) in [4.78, 5) is 17.0. The van der Waals surface area contributed by atoms with E-state index in [9.17, 15) is 4.79 Å². The molecule has 4 aliphatic rings. The number of ether oxygens (including phenoxy) is 1. The summed E-state index contributed by atoms with van der Waals surface area (Å²) in [7, 11) is 1.50. The maximum Gasteiger partial charge on any atom is 0.319 e. The second-order valence-corrected chi connectivity index (χ2v) is 9.44. The molecule has 4 nitrogen and oxygen atoms in total. The number of benzene rings is 1. The first-order valence-corrected chi connectivity index (χ1v) is 10.7. The summed E-state index contributed by atoms with van der Waals surface area (Å²) >= 11 is 0. The highest BCUT2D eigenvalue weighted by atomic mass is 16.5. The number of carbonyl (C=O) groups is 1. The van der Waals surface area contributed by atoms with Gasteiger partial charge in [-0.3, -0.25) is 14.6 Å². The first kappa shape index (κ1) is 17.7. The lowest BCUT2D eigenvalue weighted by Gasteiger charge is -2.60. The Labute approximate surface area is 162 Å². The number of likely N-dealkylation sites (tertiary alicyclic amines) is 2. The lowest BCUT2D eigenvalue weighted by atomic mass is 9.54. The van der Waals surface area contributed by atoms with E-state index in [-0.39, 0.29) is 5.97 Å². The molecule has 27 heavy (non-hydrogen) atoms. The normalized spacial score (nSPS) is 33.3. The number of carbonyl (C=O) groups excluding carboxylic acids is 1. The van der Waals surface area contributed by atoms with Gasteiger partial charge in [-0.25, -0.2) is 0 Å². The standard InChI is InChI=1S/C23H32N2O2/c1-16-3-6-18-12-21-20-14-24(15-22(26)27-2)9-7-23(20,19(18)11-16)8-10-25(21)13-17-4-5-17/h3,6,11,17,20-21H,4-5,7-10,12-15H2,1-2H3/t20-,21+,23-/m0/s1. The van der Waals surface area contributed by atoms with Crippen LogP contribution in [0.25, 0.3) is 0 Å². The first-order chi connectivity index (χ1) is 13.1. The van der Waals surface area contributed by atoms with E-state index in [1.54, 1.807) is 11.1 Å². The van der Waals surface area contributed by atoms with E-state index in [0.717, 1.165) is 19.0 Å². The van der Waals surface area contributed by atoms with Crippen LogP contribution >= 0.6 is 0 Å². The van der Waals surface area contributed by atoms with Crippen molar-refractivity contribution >= 4 is 5.97 Å². The summed E-state index contributed by atoms with van der Waals surface area (Å²) < 4.78 is 4.94. The monoisotopic (exact) mass is 368 g/mol. The van der Waals surface area contributed by atoms with E-state index in [1.165, 1.54) is 57.9 Å². The Morgan fingerprint density at radius 1 is 1.26 bits per heavy atom. The molecule has 1 saturated carbocycles. The van der Waals surface area contributed by atoms with Crippen molar-refractivity contribution in [2.24, 2.45) is 11.8 Å². The summed E-state index contributed by atoms with van der Waals surface area (Å²) in [5.74, 6) is 1.47. The largest absolute Gasteiger partial charge is 0.468 e. The smallest absolute Gasteiger partial charge is 0.319 e. The lowest BCUT2D eigenvalue weighted by Crippen LogP contribution is -2.66. The molecule has 2 aliphatic heterocycles. The quantitative estimate of drug-likeness (QED) is 0.765. The molecule has 146 valence electrons. The first-order valence-electron chi connectivity index (χ1n) is 10.7. The van der Waals surface area contributed by atoms with Crippen molar-refractivity contribution in [3.8, 4) is 0 Å².